The molecule has 9 heteroatoms. The summed E-state index contributed by atoms with van der Waals surface area (Å²) in [6.45, 7) is 4.92. The molecular formula is C10H18N4O4S. The molecule has 0 spiro atoms. The minimum absolute atomic E-state index is 0.0141. The van der Waals surface area contributed by atoms with Gasteiger partial charge in [0.05, 0.1) is 12.9 Å². The van der Waals surface area contributed by atoms with Crippen LogP contribution in [0.4, 0.5) is 0 Å². The van der Waals surface area contributed by atoms with Crippen LogP contribution in [0.3, 0.4) is 0 Å². The van der Waals surface area contributed by atoms with E-state index in [9.17, 15) is 4.79 Å². The number of carbonyl (C=O) groups is 1. The van der Waals surface area contributed by atoms with Crippen LogP contribution < -0.4 is 0 Å². The summed E-state index contributed by atoms with van der Waals surface area (Å²) in [4.78, 5) is 11.2. The van der Waals surface area contributed by atoms with Gasteiger partial charge in [-0.05, 0) is 24.3 Å². The number of methoxy groups -OCH3 is 1. The minimum atomic E-state index is -0.402. The molecule has 0 atom stereocenters. The van der Waals surface area contributed by atoms with Crippen molar-refractivity contribution in [2.45, 2.75) is 31.8 Å². The fourth-order valence-corrected chi connectivity index (χ4v) is 2.07. The van der Waals surface area contributed by atoms with E-state index in [2.05, 4.69) is 20.3 Å². The van der Waals surface area contributed by atoms with Gasteiger partial charge in [0, 0.05) is 13.2 Å². The van der Waals surface area contributed by atoms with Crippen LogP contribution in [0, 0.1) is 0 Å². The van der Waals surface area contributed by atoms with E-state index in [-0.39, 0.29) is 12.8 Å². The van der Waals surface area contributed by atoms with Gasteiger partial charge in [-0.25, -0.2) is 4.68 Å². The summed E-state index contributed by atoms with van der Waals surface area (Å²) >= 11 is 1.36. The largest absolute Gasteiger partial charge is 0.468 e. The zero-order valence-corrected chi connectivity index (χ0v) is 12.1. The maximum absolute atomic E-state index is 11.2. The maximum Gasteiger partial charge on any atom is 0.327 e. The van der Waals surface area contributed by atoms with Gasteiger partial charge in [0.15, 0.2) is 6.29 Å². The van der Waals surface area contributed by atoms with Crippen molar-refractivity contribution in [2.24, 2.45) is 0 Å². The van der Waals surface area contributed by atoms with Crippen LogP contribution in [0.25, 0.3) is 0 Å². The Bertz CT molecular complexity index is 381. The third-order valence-corrected chi connectivity index (χ3v) is 3.05. The number of carbonyl (C=O) groups excluding carboxylic acids is 1. The number of nitrogens with zero attached hydrogens (tertiary/aromatic N) is 4. The molecule has 0 fully saturated rings. The molecule has 1 aromatic rings. The van der Waals surface area contributed by atoms with E-state index in [1.54, 1.807) is 0 Å². The first-order valence-electron chi connectivity index (χ1n) is 5.90. The van der Waals surface area contributed by atoms with Crippen molar-refractivity contribution in [1.82, 2.24) is 20.2 Å². The van der Waals surface area contributed by atoms with Crippen LogP contribution in [0.1, 0.15) is 13.8 Å². The molecule has 8 nitrogen and oxygen atoms in total. The van der Waals surface area contributed by atoms with Crippen LogP contribution in [0.15, 0.2) is 5.16 Å². The van der Waals surface area contributed by atoms with Gasteiger partial charge in [-0.3, -0.25) is 4.79 Å². The highest BCUT2D eigenvalue weighted by Crippen LogP contribution is 2.16. The number of aromatic nitrogens is 4. The molecule has 0 saturated carbocycles. The number of ether oxygens (including phenoxy) is 3. The van der Waals surface area contributed by atoms with Gasteiger partial charge in [-0.1, -0.05) is 11.8 Å². The Labute approximate surface area is 115 Å². The average molecular weight is 290 g/mol. The van der Waals surface area contributed by atoms with Crippen LogP contribution in [0.5, 0.6) is 0 Å². The van der Waals surface area contributed by atoms with E-state index in [0.717, 1.165) is 0 Å². The lowest BCUT2D eigenvalue weighted by atomic mass is 10.7. The topological polar surface area (TPSA) is 88.4 Å². The third kappa shape index (κ3) is 5.53. The summed E-state index contributed by atoms with van der Waals surface area (Å²) in [7, 11) is 1.32. The summed E-state index contributed by atoms with van der Waals surface area (Å²) < 4.78 is 16.8. The molecule has 0 aliphatic carbocycles. The molecule has 0 amide bonds. The van der Waals surface area contributed by atoms with Crippen molar-refractivity contribution in [3.8, 4) is 0 Å². The summed E-state index contributed by atoms with van der Waals surface area (Å²) in [5.74, 6) is 0.142. The summed E-state index contributed by atoms with van der Waals surface area (Å²) in [5, 5.41) is 11.6. The Kier molecular flexibility index (Phi) is 7.38. The van der Waals surface area contributed by atoms with E-state index < -0.39 is 5.97 Å². The first-order valence-corrected chi connectivity index (χ1v) is 6.88. The molecule has 0 saturated heterocycles. The molecule has 19 heavy (non-hydrogen) atoms. The van der Waals surface area contributed by atoms with E-state index in [0.29, 0.717) is 24.1 Å². The molecule has 0 aromatic carbocycles. The number of rotatable bonds is 9. The van der Waals surface area contributed by atoms with Gasteiger partial charge in [0.25, 0.3) is 0 Å². The second-order valence-corrected chi connectivity index (χ2v) is 4.33. The highest BCUT2D eigenvalue weighted by atomic mass is 32.2. The average Bonchev–Trinajstić information content (AvgIpc) is 2.83. The molecule has 0 radical (unpaired) electrons. The fraction of sp³-hybridized carbons (Fsp3) is 0.800. The number of tetrazole rings is 1. The Morgan fingerprint density at radius 2 is 2.05 bits per heavy atom. The summed E-state index contributed by atoms with van der Waals surface area (Å²) in [5.41, 5.74) is 0. The first kappa shape index (κ1) is 15.9. The van der Waals surface area contributed by atoms with E-state index in [1.807, 2.05) is 13.8 Å². The van der Waals surface area contributed by atoms with Gasteiger partial charge < -0.3 is 14.2 Å². The van der Waals surface area contributed by atoms with Crippen molar-refractivity contribution < 1.29 is 19.0 Å². The first-order chi connectivity index (χ1) is 9.21. The van der Waals surface area contributed by atoms with Crippen molar-refractivity contribution >= 4 is 17.7 Å². The summed E-state index contributed by atoms with van der Waals surface area (Å²) in [6.07, 6.45) is -0.316. The molecule has 1 rings (SSSR count). The number of hydrogen-bond donors (Lipinski definition) is 0. The van der Waals surface area contributed by atoms with Gasteiger partial charge in [0.2, 0.25) is 5.16 Å². The van der Waals surface area contributed by atoms with E-state index >= 15 is 0 Å². The van der Waals surface area contributed by atoms with Crippen LogP contribution in [-0.4, -0.2) is 58.5 Å². The van der Waals surface area contributed by atoms with E-state index in [4.69, 9.17) is 9.47 Å². The maximum atomic E-state index is 11.2. The normalized spacial score (nSPS) is 10.9. The predicted molar refractivity (Wildman–Crippen MR) is 67.6 cm³/mol. The standard InChI is InChI=1S/C10H18N4O4S/c1-4-17-9(18-5-2)7-19-10-11-12-13-14(10)6-8(15)16-3/h9H,4-7H2,1-3H3. The zero-order chi connectivity index (χ0) is 14.1. The van der Waals surface area contributed by atoms with Crippen molar-refractivity contribution in [3.05, 3.63) is 0 Å². The Hall–Kier alpha value is -1.19. The second kappa shape index (κ2) is 8.83. The molecule has 0 N–H and O–H groups in total. The molecule has 0 aliphatic rings. The SMILES string of the molecule is CCOC(CSc1nnnn1CC(=O)OC)OCC. The highest BCUT2D eigenvalue weighted by Gasteiger charge is 2.14. The molecular weight excluding hydrogens is 272 g/mol. The third-order valence-electron chi connectivity index (χ3n) is 2.06. The van der Waals surface area contributed by atoms with Crippen molar-refractivity contribution in [3.63, 3.8) is 0 Å². The number of hydrogen-bond acceptors (Lipinski definition) is 8. The number of esters is 1. The number of thioether (sulfide) groups is 1. The Morgan fingerprint density at radius 1 is 1.37 bits per heavy atom. The summed E-state index contributed by atoms with van der Waals surface area (Å²) in [6, 6.07) is 0. The smallest absolute Gasteiger partial charge is 0.327 e. The lowest BCUT2D eigenvalue weighted by Crippen LogP contribution is -2.21. The van der Waals surface area contributed by atoms with Crippen LogP contribution in [0.2, 0.25) is 0 Å². The molecule has 1 heterocycles. The second-order valence-electron chi connectivity index (χ2n) is 3.35. The molecule has 1 aromatic heterocycles. The highest BCUT2D eigenvalue weighted by molar-refractivity contribution is 7.99. The van der Waals surface area contributed by atoms with E-state index in [1.165, 1.54) is 23.6 Å². The molecule has 108 valence electrons. The van der Waals surface area contributed by atoms with Gasteiger partial charge >= 0.3 is 5.97 Å². The van der Waals surface area contributed by atoms with Crippen LogP contribution in [-0.2, 0) is 25.5 Å². The predicted octanol–water partition coefficient (Wildman–Crippen LogP) is 0.337. The van der Waals surface area contributed by atoms with Crippen molar-refractivity contribution in [2.75, 3.05) is 26.1 Å². The van der Waals surface area contributed by atoms with Gasteiger partial charge in [0.1, 0.15) is 6.54 Å². The molecule has 0 aliphatic heterocycles. The van der Waals surface area contributed by atoms with Gasteiger partial charge in [-0.2, -0.15) is 0 Å². The van der Waals surface area contributed by atoms with Crippen molar-refractivity contribution in [1.29, 1.82) is 0 Å². The van der Waals surface area contributed by atoms with Gasteiger partial charge in [-0.15, -0.1) is 5.10 Å². The lowest BCUT2D eigenvalue weighted by Gasteiger charge is -2.15. The molecule has 0 unspecified atom stereocenters. The monoisotopic (exact) mass is 290 g/mol. The van der Waals surface area contributed by atoms with Crippen LogP contribution >= 0.6 is 11.8 Å². The molecule has 0 bridgehead atoms. The fourth-order valence-electron chi connectivity index (χ4n) is 1.24. The zero-order valence-electron chi connectivity index (χ0n) is 11.2. The Morgan fingerprint density at radius 3 is 2.63 bits per heavy atom. The lowest BCUT2D eigenvalue weighted by molar-refractivity contribution is -0.141. The Balaban J connectivity index is 2.51. The minimum Gasteiger partial charge on any atom is -0.468 e. The quantitative estimate of drug-likeness (QED) is 0.365.